The summed E-state index contributed by atoms with van der Waals surface area (Å²) in [4.78, 5) is 24.7. The lowest BCUT2D eigenvalue weighted by Crippen LogP contribution is -2.49. The average Bonchev–Trinajstić information content (AvgIpc) is 2.59. The van der Waals surface area contributed by atoms with E-state index in [4.69, 9.17) is 9.47 Å². The van der Waals surface area contributed by atoms with Crippen molar-refractivity contribution >= 4 is 17.9 Å². The number of aryl methyl sites for hydroxylation is 1. The van der Waals surface area contributed by atoms with Gasteiger partial charge < -0.3 is 24.6 Å². The minimum atomic E-state index is -0.239. The van der Waals surface area contributed by atoms with Crippen LogP contribution in [0.1, 0.15) is 19.0 Å². The van der Waals surface area contributed by atoms with Gasteiger partial charge in [0.25, 0.3) is 0 Å². The lowest BCUT2D eigenvalue weighted by Gasteiger charge is -2.34. The van der Waals surface area contributed by atoms with E-state index in [1.807, 2.05) is 19.9 Å². The summed E-state index contributed by atoms with van der Waals surface area (Å²) in [5, 5.41) is 3.23. The fraction of sp³-hybridized carbons (Fsp3) is 0.688. The van der Waals surface area contributed by atoms with Gasteiger partial charge >= 0.3 is 6.09 Å². The Bertz CT molecular complexity index is 532. The van der Waals surface area contributed by atoms with Gasteiger partial charge in [-0.1, -0.05) is 0 Å². The molecule has 8 nitrogen and oxygen atoms in total. The smallest absolute Gasteiger partial charge is 0.409 e. The minimum absolute atomic E-state index is 0.239. The van der Waals surface area contributed by atoms with E-state index in [1.165, 1.54) is 0 Å². The molecule has 0 spiro atoms. The monoisotopic (exact) mass is 337 g/mol. The molecule has 0 radical (unpaired) electrons. The summed E-state index contributed by atoms with van der Waals surface area (Å²) in [6.07, 6.45) is 0.665. The molecule has 0 aliphatic carbocycles. The number of carbonyl (C=O) groups excluding carboxylic acids is 1. The zero-order valence-electron chi connectivity index (χ0n) is 14.7. The molecule has 24 heavy (non-hydrogen) atoms. The van der Waals surface area contributed by atoms with Gasteiger partial charge in [0.2, 0.25) is 5.95 Å². The largest absolute Gasteiger partial charge is 0.450 e. The molecule has 1 N–H and O–H groups in total. The van der Waals surface area contributed by atoms with Gasteiger partial charge in [-0.2, -0.15) is 4.98 Å². The number of methoxy groups -OCH3 is 1. The Balaban J connectivity index is 1.92. The molecule has 0 atom stereocenters. The van der Waals surface area contributed by atoms with Crippen LogP contribution in [0.15, 0.2) is 6.07 Å². The molecule has 8 heteroatoms. The number of hydrogen-bond acceptors (Lipinski definition) is 7. The highest BCUT2D eigenvalue weighted by molar-refractivity contribution is 5.68. The van der Waals surface area contributed by atoms with E-state index < -0.39 is 0 Å². The summed E-state index contributed by atoms with van der Waals surface area (Å²) in [7, 11) is 1.69. The molecule has 1 aromatic rings. The molecule has 0 bridgehead atoms. The second-order valence-corrected chi connectivity index (χ2v) is 5.64. The number of aromatic nitrogens is 2. The van der Waals surface area contributed by atoms with E-state index in [1.54, 1.807) is 12.0 Å². The first-order valence-corrected chi connectivity index (χ1v) is 8.39. The van der Waals surface area contributed by atoms with E-state index in [-0.39, 0.29) is 6.09 Å². The zero-order valence-corrected chi connectivity index (χ0v) is 14.7. The lowest BCUT2D eigenvalue weighted by atomic mass is 10.3. The molecule has 0 aromatic carbocycles. The molecule has 1 saturated heterocycles. The van der Waals surface area contributed by atoms with Crippen molar-refractivity contribution < 1.29 is 14.3 Å². The fourth-order valence-electron chi connectivity index (χ4n) is 2.54. The van der Waals surface area contributed by atoms with Crippen molar-refractivity contribution in [1.29, 1.82) is 0 Å². The Kier molecular flexibility index (Phi) is 7.05. The number of nitrogens with zero attached hydrogens (tertiary/aromatic N) is 4. The molecule has 1 fully saturated rings. The number of hydrogen-bond donors (Lipinski definition) is 1. The fourth-order valence-corrected chi connectivity index (χ4v) is 2.54. The Labute approximate surface area is 143 Å². The minimum Gasteiger partial charge on any atom is -0.450 e. The summed E-state index contributed by atoms with van der Waals surface area (Å²) in [6.45, 7) is 8.41. The van der Waals surface area contributed by atoms with Crippen LogP contribution in [0, 0.1) is 6.92 Å². The third-order valence-electron chi connectivity index (χ3n) is 3.78. The van der Waals surface area contributed by atoms with E-state index >= 15 is 0 Å². The number of anilines is 2. The zero-order chi connectivity index (χ0) is 17.4. The summed E-state index contributed by atoms with van der Waals surface area (Å²) < 4.78 is 10.1. The molecule has 0 saturated carbocycles. The molecule has 2 heterocycles. The molecular weight excluding hydrogens is 310 g/mol. The lowest BCUT2D eigenvalue weighted by molar-refractivity contribution is 0.105. The van der Waals surface area contributed by atoms with Crippen molar-refractivity contribution in [3.8, 4) is 0 Å². The third-order valence-corrected chi connectivity index (χ3v) is 3.78. The van der Waals surface area contributed by atoms with Crippen LogP contribution < -0.4 is 10.2 Å². The number of rotatable bonds is 7. The first-order valence-electron chi connectivity index (χ1n) is 8.39. The van der Waals surface area contributed by atoms with Crippen LogP contribution in [0.4, 0.5) is 16.6 Å². The van der Waals surface area contributed by atoms with Crippen molar-refractivity contribution in [3.05, 3.63) is 11.8 Å². The first kappa shape index (κ1) is 18.3. The number of carbonyl (C=O) groups is 1. The van der Waals surface area contributed by atoms with Gasteiger partial charge in [0.1, 0.15) is 5.82 Å². The highest BCUT2D eigenvalue weighted by atomic mass is 16.6. The van der Waals surface area contributed by atoms with Crippen molar-refractivity contribution in [2.45, 2.75) is 20.3 Å². The number of nitrogens with one attached hydrogen (secondary N) is 1. The molecular formula is C16H27N5O3. The highest BCUT2D eigenvalue weighted by Gasteiger charge is 2.23. The highest BCUT2D eigenvalue weighted by Crippen LogP contribution is 2.17. The van der Waals surface area contributed by atoms with Crippen LogP contribution in [0.3, 0.4) is 0 Å². The Hall–Kier alpha value is -2.09. The molecule has 2 rings (SSSR count). The first-order chi connectivity index (χ1) is 11.6. The van der Waals surface area contributed by atoms with Crippen molar-refractivity contribution in [2.75, 3.05) is 63.3 Å². The van der Waals surface area contributed by atoms with Crippen molar-refractivity contribution in [1.82, 2.24) is 14.9 Å². The molecule has 1 aliphatic rings. The normalized spacial score (nSPS) is 14.6. The average molecular weight is 337 g/mol. The van der Waals surface area contributed by atoms with Crippen LogP contribution in [0.25, 0.3) is 0 Å². The number of piperazine rings is 1. The van der Waals surface area contributed by atoms with Gasteiger partial charge in [-0.25, -0.2) is 9.78 Å². The van der Waals surface area contributed by atoms with Gasteiger partial charge in [-0.15, -0.1) is 0 Å². The molecule has 1 aliphatic heterocycles. The Morgan fingerprint density at radius 3 is 2.71 bits per heavy atom. The summed E-state index contributed by atoms with van der Waals surface area (Å²) in [6, 6.07) is 1.97. The van der Waals surface area contributed by atoms with Gasteiger partial charge in [0.15, 0.2) is 0 Å². The quantitative estimate of drug-likeness (QED) is 0.756. The van der Waals surface area contributed by atoms with Crippen LogP contribution in [-0.2, 0) is 9.47 Å². The molecule has 1 amide bonds. The summed E-state index contributed by atoms with van der Waals surface area (Å²) in [5.41, 5.74) is 0.919. The third kappa shape index (κ3) is 5.23. The SMILES string of the molecule is CCOC(=O)N1CCN(c2cc(C)nc(NCCCOC)n2)CC1. The standard InChI is InChI=1S/C16H27N5O3/c1-4-24-16(22)21-9-7-20(8-10-21)14-12-13(2)18-15(19-14)17-6-5-11-23-3/h12H,4-11H2,1-3H3,(H,17,18,19). The summed E-state index contributed by atoms with van der Waals surface area (Å²) >= 11 is 0. The van der Waals surface area contributed by atoms with E-state index in [0.29, 0.717) is 32.3 Å². The van der Waals surface area contributed by atoms with E-state index in [9.17, 15) is 4.79 Å². The second-order valence-electron chi connectivity index (χ2n) is 5.64. The topological polar surface area (TPSA) is 79.8 Å². The van der Waals surface area contributed by atoms with Crippen molar-refractivity contribution in [3.63, 3.8) is 0 Å². The van der Waals surface area contributed by atoms with Gasteiger partial charge in [0.05, 0.1) is 6.61 Å². The van der Waals surface area contributed by atoms with Crippen molar-refractivity contribution in [2.24, 2.45) is 0 Å². The molecule has 0 unspecified atom stereocenters. The maximum atomic E-state index is 11.8. The Morgan fingerprint density at radius 2 is 2.04 bits per heavy atom. The number of ether oxygens (including phenoxy) is 2. The maximum absolute atomic E-state index is 11.8. The molecule has 134 valence electrons. The summed E-state index contributed by atoms with van der Waals surface area (Å²) in [5.74, 6) is 1.52. The second kappa shape index (κ2) is 9.27. The molecule has 1 aromatic heterocycles. The predicted molar refractivity (Wildman–Crippen MR) is 92.6 cm³/mol. The van der Waals surface area contributed by atoms with Crippen LogP contribution in [0.2, 0.25) is 0 Å². The van der Waals surface area contributed by atoms with E-state index in [2.05, 4.69) is 20.2 Å². The maximum Gasteiger partial charge on any atom is 0.409 e. The van der Waals surface area contributed by atoms with Crippen LogP contribution in [0.5, 0.6) is 0 Å². The van der Waals surface area contributed by atoms with Gasteiger partial charge in [-0.05, 0) is 20.3 Å². The number of amides is 1. The Morgan fingerprint density at radius 1 is 1.29 bits per heavy atom. The van der Waals surface area contributed by atoms with Gasteiger partial charge in [-0.3, -0.25) is 0 Å². The van der Waals surface area contributed by atoms with E-state index in [0.717, 1.165) is 37.6 Å². The van der Waals surface area contributed by atoms with Gasteiger partial charge in [0, 0.05) is 58.2 Å². The predicted octanol–water partition coefficient (Wildman–Crippen LogP) is 1.51. The van der Waals surface area contributed by atoms with Crippen LogP contribution >= 0.6 is 0 Å². The van der Waals surface area contributed by atoms with Crippen LogP contribution in [-0.4, -0.2) is 74.0 Å².